The molecule has 3 nitrogen and oxygen atoms in total. The van der Waals surface area contributed by atoms with Crippen LogP contribution in [0.25, 0.3) is 0 Å². The second kappa shape index (κ2) is 4.63. The molecular weight excluding hydrogens is 226 g/mol. The Morgan fingerprint density at radius 1 is 1.44 bits per heavy atom. The van der Waals surface area contributed by atoms with Gasteiger partial charge in [-0.1, -0.05) is 12.1 Å². The number of hydrogen-bond donors (Lipinski definition) is 0. The lowest BCUT2D eigenvalue weighted by Gasteiger charge is -2.36. The average molecular weight is 247 g/mol. The highest BCUT2D eigenvalue weighted by atomic mass is 16.5. The molecule has 3 heteroatoms. The molecule has 1 aromatic carbocycles. The highest BCUT2D eigenvalue weighted by Crippen LogP contribution is 2.38. The Kier molecular flexibility index (Phi) is 3.33. The fraction of sp³-hybridized carbons (Fsp3) is 0.533. The standard InChI is InChI=1S/C15H21NO2/c1-11-6-5-7-12(10-11)16-9-8-13(14(17)18-4)15(16,2)3/h5-7,10,13H,8-9H2,1-4H3. The van der Waals surface area contributed by atoms with Gasteiger partial charge in [-0.2, -0.15) is 0 Å². The van der Waals surface area contributed by atoms with Crippen molar-refractivity contribution in [2.24, 2.45) is 5.92 Å². The smallest absolute Gasteiger partial charge is 0.311 e. The molecule has 1 saturated heterocycles. The van der Waals surface area contributed by atoms with Crippen LogP contribution in [-0.2, 0) is 9.53 Å². The first-order valence-corrected chi connectivity index (χ1v) is 6.39. The first-order chi connectivity index (χ1) is 8.46. The van der Waals surface area contributed by atoms with E-state index in [9.17, 15) is 4.79 Å². The van der Waals surface area contributed by atoms with E-state index < -0.39 is 0 Å². The molecule has 18 heavy (non-hydrogen) atoms. The van der Waals surface area contributed by atoms with E-state index in [1.54, 1.807) is 0 Å². The van der Waals surface area contributed by atoms with Crippen LogP contribution in [0.1, 0.15) is 25.8 Å². The number of aryl methyl sites for hydroxylation is 1. The summed E-state index contributed by atoms with van der Waals surface area (Å²) < 4.78 is 4.91. The lowest BCUT2D eigenvalue weighted by atomic mass is 9.88. The van der Waals surface area contributed by atoms with Crippen LogP contribution in [0.4, 0.5) is 5.69 Å². The van der Waals surface area contributed by atoms with Gasteiger partial charge in [-0.3, -0.25) is 4.79 Å². The van der Waals surface area contributed by atoms with E-state index in [1.165, 1.54) is 18.4 Å². The van der Waals surface area contributed by atoms with Crippen molar-refractivity contribution in [2.75, 3.05) is 18.6 Å². The minimum Gasteiger partial charge on any atom is -0.469 e. The summed E-state index contributed by atoms with van der Waals surface area (Å²) in [6, 6.07) is 8.42. The molecule has 1 fully saturated rings. The highest BCUT2D eigenvalue weighted by molar-refractivity contribution is 5.76. The summed E-state index contributed by atoms with van der Waals surface area (Å²) >= 11 is 0. The van der Waals surface area contributed by atoms with E-state index in [2.05, 4.69) is 49.9 Å². The van der Waals surface area contributed by atoms with Gasteiger partial charge in [0.1, 0.15) is 0 Å². The summed E-state index contributed by atoms with van der Waals surface area (Å²) in [5.41, 5.74) is 2.23. The van der Waals surface area contributed by atoms with Gasteiger partial charge in [0, 0.05) is 17.8 Å². The summed E-state index contributed by atoms with van der Waals surface area (Å²) in [7, 11) is 1.47. The number of carbonyl (C=O) groups excluding carboxylic acids is 1. The molecule has 1 unspecified atom stereocenters. The fourth-order valence-electron chi connectivity index (χ4n) is 2.89. The van der Waals surface area contributed by atoms with Crippen molar-refractivity contribution in [3.8, 4) is 0 Å². The van der Waals surface area contributed by atoms with Crippen LogP contribution in [-0.4, -0.2) is 25.2 Å². The van der Waals surface area contributed by atoms with Crippen molar-refractivity contribution in [1.29, 1.82) is 0 Å². The van der Waals surface area contributed by atoms with Gasteiger partial charge in [-0.15, -0.1) is 0 Å². The van der Waals surface area contributed by atoms with Crippen LogP contribution in [0.15, 0.2) is 24.3 Å². The van der Waals surface area contributed by atoms with E-state index in [0.29, 0.717) is 0 Å². The number of benzene rings is 1. The Bertz CT molecular complexity index is 454. The zero-order chi connectivity index (χ0) is 13.3. The third kappa shape index (κ3) is 2.09. The number of anilines is 1. The molecule has 0 spiro atoms. The van der Waals surface area contributed by atoms with Crippen LogP contribution in [0.5, 0.6) is 0 Å². The van der Waals surface area contributed by atoms with Crippen LogP contribution in [0, 0.1) is 12.8 Å². The van der Waals surface area contributed by atoms with Crippen LogP contribution < -0.4 is 4.90 Å². The van der Waals surface area contributed by atoms with E-state index >= 15 is 0 Å². The van der Waals surface area contributed by atoms with Crippen molar-refractivity contribution in [3.63, 3.8) is 0 Å². The number of esters is 1. The quantitative estimate of drug-likeness (QED) is 0.753. The second-order valence-electron chi connectivity index (χ2n) is 5.51. The van der Waals surface area contributed by atoms with E-state index in [0.717, 1.165) is 13.0 Å². The zero-order valence-corrected chi connectivity index (χ0v) is 11.6. The van der Waals surface area contributed by atoms with E-state index in [-0.39, 0.29) is 17.4 Å². The largest absolute Gasteiger partial charge is 0.469 e. The van der Waals surface area contributed by atoms with Gasteiger partial charge in [-0.05, 0) is 44.9 Å². The molecule has 98 valence electrons. The minimum absolute atomic E-state index is 0.0528. The molecule has 0 N–H and O–H groups in total. The molecule has 1 aliphatic rings. The number of hydrogen-bond acceptors (Lipinski definition) is 3. The van der Waals surface area contributed by atoms with Crippen molar-refractivity contribution >= 4 is 11.7 Å². The van der Waals surface area contributed by atoms with Crippen molar-refractivity contribution in [3.05, 3.63) is 29.8 Å². The Labute approximate surface area is 109 Å². The molecule has 0 radical (unpaired) electrons. The Morgan fingerprint density at radius 3 is 2.78 bits per heavy atom. The van der Waals surface area contributed by atoms with Crippen LogP contribution >= 0.6 is 0 Å². The predicted molar refractivity (Wildman–Crippen MR) is 72.7 cm³/mol. The van der Waals surface area contributed by atoms with Crippen LogP contribution in [0.2, 0.25) is 0 Å². The van der Waals surface area contributed by atoms with Crippen molar-refractivity contribution in [2.45, 2.75) is 32.7 Å². The first kappa shape index (κ1) is 12.9. The number of carbonyl (C=O) groups is 1. The molecule has 0 saturated carbocycles. The summed E-state index contributed by atoms with van der Waals surface area (Å²) in [5.74, 6) is -0.154. The number of ether oxygens (including phenoxy) is 1. The maximum absolute atomic E-state index is 11.8. The third-order valence-corrected chi connectivity index (χ3v) is 3.99. The van der Waals surface area contributed by atoms with Gasteiger partial charge in [0.05, 0.1) is 13.0 Å². The number of methoxy groups -OCH3 is 1. The highest BCUT2D eigenvalue weighted by Gasteiger charge is 2.45. The second-order valence-corrected chi connectivity index (χ2v) is 5.51. The van der Waals surface area contributed by atoms with Crippen LogP contribution in [0.3, 0.4) is 0 Å². The maximum Gasteiger partial charge on any atom is 0.311 e. The molecule has 1 heterocycles. The Balaban J connectivity index is 2.29. The normalized spacial score (nSPS) is 22.0. The summed E-state index contributed by atoms with van der Waals surface area (Å²) in [6.07, 6.45) is 0.855. The summed E-state index contributed by atoms with van der Waals surface area (Å²) in [4.78, 5) is 14.1. The van der Waals surface area contributed by atoms with Gasteiger partial charge in [0.2, 0.25) is 0 Å². The molecule has 2 rings (SSSR count). The Hall–Kier alpha value is -1.51. The van der Waals surface area contributed by atoms with Crippen molar-refractivity contribution < 1.29 is 9.53 Å². The number of rotatable bonds is 2. The first-order valence-electron chi connectivity index (χ1n) is 6.39. The lowest BCUT2D eigenvalue weighted by molar-refractivity contribution is -0.146. The van der Waals surface area contributed by atoms with E-state index in [1.807, 2.05) is 0 Å². The summed E-state index contributed by atoms with van der Waals surface area (Å²) in [5, 5.41) is 0. The maximum atomic E-state index is 11.8. The predicted octanol–water partition coefficient (Wildman–Crippen LogP) is 2.77. The minimum atomic E-state index is -0.194. The average Bonchev–Trinajstić information content (AvgIpc) is 2.63. The molecule has 0 aromatic heterocycles. The van der Waals surface area contributed by atoms with Gasteiger partial charge in [-0.25, -0.2) is 0 Å². The molecular formula is C15H21NO2. The molecule has 1 aromatic rings. The molecule has 0 amide bonds. The topological polar surface area (TPSA) is 29.5 Å². The van der Waals surface area contributed by atoms with E-state index in [4.69, 9.17) is 4.74 Å². The molecule has 1 atom stereocenters. The number of nitrogens with zero attached hydrogens (tertiary/aromatic N) is 1. The summed E-state index contributed by atoms with van der Waals surface area (Å²) in [6.45, 7) is 7.22. The molecule has 0 aliphatic carbocycles. The fourth-order valence-corrected chi connectivity index (χ4v) is 2.89. The zero-order valence-electron chi connectivity index (χ0n) is 11.6. The van der Waals surface area contributed by atoms with Crippen molar-refractivity contribution in [1.82, 2.24) is 0 Å². The third-order valence-electron chi connectivity index (χ3n) is 3.99. The monoisotopic (exact) mass is 247 g/mol. The Morgan fingerprint density at radius 2 is 2.17 bits per heavy atom. The SMILES string of the molecule is COC(=O)C1CCN(c2cccc(C)c2)C1(C)C. The molecule has 0 bridgehead atoms. The lowest BCUT2D eigenvalue weighted by Crippen LogP contribution is -2.45. The van der Waals surface area contributed by atoms with Gasteiger partial charge in [0.25, 0.3) is 0 Å². The molecule has 1 aliphatic heterocycles. The van der Waals surface area contributed by atoms with Gasteiger partial charge in [0.15, 0.2) is 0 Å². The van der Waals surface area contributed by atoms with Gasteiger partial charge >= 0.3 is 5.97 Å². The van der Waals surface area contributed by atoms with Gasteiger partial charge < -0.3 is 9.64 Å².